The first-order valence-electron chi connectivity index (χ1n) is 11.4. The monoisotopic (exact) mass is 463 g/mol. The second kappa shape index (κ2) is 10.9. The fourth-order valence-electron chi connectivity index (χ4n) is 3.68. The van der Waals surface area contributed by atoms with Crippen LogP contribution in [-0.2, 0) is 14.3 Å². The van der Waals surface area contributed by atoms with E-state index < -0.39 is 42.2 Å². The van der Waals surface area contributed by atoms with Crippen molar-refractivity contribution >= 4 is 17.9 Å². The van der Waals surface area contributed by atoms with E-state index in [0.29, 0.717) is 24.0 Å². The molecule has 0 heterocycles. The Bertz CT molecular complexity index is 860. The van der Waals surface area contributed by atoms with Gasteiger partial charge in [-0.15, -0.1) is 0 Å². The van der Waals surface area contributed by atoms with E-state index in [-0.39, 0.29) is 17.8 Å². The third-order valence-electron chi connectivity index (χ3n) is 5.42. The summed E-state index contributed by atoms with van der Waals surface area (Å²) in [6.45, 7) is 9.73. The number of aliphatic hydroxyl groups is 1. The fraction of sp³-hybridized carbons (Fsp3) is 0.625. The zero-order chi connectivity index (χ0) is 24.9. The van der Waals surface area contributed by atoms with Gasteiger partial charge in [-0.1, -0.05) is 18.2 Å². The molecule has 9 nitrogen and oxygen atoms in total. The summed E-state index contributed by atoms with van der Waals surface area (Å²) in [4.78, 5) is 40.7. The second-order valence-electron chi connectivity index (χ2n) is 9.79. The molecule has 9 heteroatoms. The predicted octanol–water partition coefficient (Wildman–Crippen LogP) is 2.53. The van der Waals surface area contributed by atoms with Crippen molar-refractivity contribution in [3.63, 3.8) is 0 Å². The highest BCUT2D eigenvalue weighted by Gasteiger charge is 2.43. The van der Waals surface area contributed by atoms with Crippen LogP contribution in [0.25, 0.3) is 0 Å². The molecule has 1 fully saturated rings. The lowest BCUT2D eigenvalue weighted by Gasteiger charge is -2.43. The van der Waals surface area contributed by atoms with E-state index in [0.717, 1.165) is 6.42 Å². The molecule has 0 aromatic heterocycles. The summed E-state index contributed by atoms with van der Waals surface area (Å²) in [6.07, 6.45) is 1.39. The maximum absolute atomic E-state index is 13.6. The van der Waals surface area contributed by atoms with Gasteiger partial charge in [-0.05, 0) is 66.4 Å². The third kappa shape index (κ3) is 6.83. The first-order chi connectivity index (χ1) is 15.4. The average molecular weight is 464 g/mol. The van der Waals surface area contributed by atoms with Crippen LogP contribution in [0.1, 0.15) is 71.0 Å². The van der Waals surface area contributed by atoms with E-state index in [1.54, 1.807) is 59.7 Å². The molecule has 2 atom stereocenters. The molecule has 1 saturated carbocycles. The van der Waals surface area contributed by atoms with Crippen LogP contribution in [0.4, 0.5) is 4.79 Å². The van der Waals surface area contributed by atoms with Crippen molar-refractivity contribution in [2.24, 2.45) is 0 Å². The quantitative estimate of drug-likeness (QED) is 0.469. The van der Waals surface area contributed by atoms with E-state index in [9.17, 15) is 24.6 Å². The number of rotatable bonds is 8. The Morgan fingerprint density at radius 3 is 2.30 bits per heavy atom. The standard InChI is InChI=1S/C24H37N3O6/c1-14(2)25-21(30)19(17-12-7-9-15(3)20(17)29)27(16-10-8-11-16)22(31)18(13-28)26-23(32)33-24(4,5)6/h7,9,12,14,16,18-19,28-29H,8,10-11,13H2,1-6H3,(H,25,30)(H,26,32). The van der Waals surface area contributed by atoms with Crippen LogP contribution >= 0.6 is 0 Å². The molecule has 0 spiro atoms. The van der Waals surface area contributed by atoms with Gasteiger partial charge in [0.1, 0.15) is 23.4 Å². The molecular formula is C24H37N3O6. The molecule has 0 radical (unpaired) electrons. The Hall–Kier alpha value is -2.81. The number of phenols is 1. The van der Waals surface area contributed by atoms with Crippen LogP contribution in [-0.4, -0.2) is 63.4 Å². The lowest BCUT2D eigenvalue weighted by atomic mass is 9.87. The molecule has 0 saturated heterocycles. The van der Waals surface area contributed by atoms with Gasteiger partial charge in [0.25, 0.3) is 0 Å². The van der Waals surface area contributed by atoms with E-state index in [1.165, 1.54) is 4.90 Å². The summed E-state index contributed by atoms with van der Waals surface area (Å²) in [5.41, 5.74) is 0.0807. The van der Waals surface area contributed by atoms with Crippen LogP contribution in [0.5, 0.6) is 5.75 Å². The van der Waals surface area contributed by atoms with Gasteiger partial charge in [-0.3, -0.25) is 9.59 Å². The molecular weight excluding hydrogens is 426 g/mol. The first-order valence-corrected chi connectivity index (χ1v) is 11.4. The Morgan fingerprint density at radius 1 is 1.18 bits per heavy atom. The van der Waals surface area contributed by atoms with Crippen molar-refractivity contribution in [1.82, 2.24) is 15.5 Å². The number of phenolic OH excluding ortho intramolecular Hbond substituents is 1. The zero-order valence-electron chi connectivity index (χ0n) is 20.3. The summed E-state index contributed by atoms with van der Waals surface area (Å²) in [6, 6.07) is 2.15. The Kier molecular flexibility index (Phi) is 8.71. The number of ether oxygens (including phenoxy) is 1. The minimum absolute atomic E-state index is 0.0702. The number of nitrogens with one attached hydrogen (secondary N) is 2. The molecule has 4 N–H and O–H groups in total. The highest BCUT2D eigenvalue weighted by atomic mass is 16.6. The number of benzene rings is 1. The number of aliphatic hydroxyl groups excluding tert-OH is 1. The minimum atomic E-state index is -1.30. The second-order valence-corrected chi connectivity index (χ2v) is 9.79. The summed E-state index contributed by atoms with van der Waals surface area (Å²) in [5.74, 6) is -1.13. The van der Waals surface area contributed by atoms with Gasteiger partial charge in [-0.25, -0.2) is 4.79 Å². The van der Waals surface area contributed by atoms with Crippen LogP contribution in [0.15, 0.2) is 18.2 Å². The summed E-state index contributed by atoms with van der Waals surface area (Å²) in [5, 5.41) is 26.0. The first kappa shape index (κ1) is 26.4. The largest absolute Gasteiger partial charge is 0.507 e. The summed E-state index contributed by atoms with van der Waals surface area (Å²) < 4.78 is 5.23. The summed E-state index contributed by atoms with van der Waals surface area (Å²) in [7, 11) is 0. The molecule has 3 amide bonds. The Labute approximate surface area is 195 Å². The van der Waals surface area contributed by atoms with Crippen molar-refractivity contribution in [2.75, 3.05) is 6.61 Å². The van der Waals surface area contributed by atoms with Gasteiger partial charge in [-0.2, -0.15) is 0 Å². The number of alkyl carbamates (subject to hydrolysis) is 1. The molecule has 33 heavy (non-hydrogen) atoms. The lowest BCUT2D eigenvalue weighted by molar-refractivity contribution is -0.148. The number of carbonyl (C=O) groups excluding carboxylic acids is 3. The van der Waals surface area contributed by atoms with Crippen molar-refractivity contribution in [3.8, 4) is 5.75 Å². The SMILES string of the molecule is Cc1cccc(C(C(=O)NC(C)C)N(C(=O)C(CO)NC(=O)OC(C)(C)C)C2CCC2)c1O. The summed E-state index contributed by atoms with van der Waals surface area (Å²) >= 11 is 0. The smallest absolute Gasteiger partial charge is 0.408 e. The van der Waals surface area contributed by atoms with E-state index in [1.807, 2.05) is 0 Å². The highest BCUT2D eigenvalue weighted by Crippen LogP contribution is 2.37. The fourth-order valence-corrected chi connectivity index (χ4v) is 3.68. The van der Waals surface area contributed by atoms with Crippen molar-refractivity contribution in [3.05, 3.63) is 29.3 Å². The van der Waals surface area contributed by atoms with Crippen LogP contribution in [0.3, 0.4) is 0 Å². The molecule has 2 rings (SSSR count). The number of hydrogen-bond donors (Lipinski definition) is 4. The van der Waals surface area contributed by atoms with Crippen molar-refractivity contribution < 1.29 is 29.3 Å². The van der Waals surface area contributed by atoms with Crippen LogP contribution in [0, 0.1) is 6.92 Å². The molecule has 184 valence electrons. The maximum Gasteiger partial charge on any atom is 0.408 e. The molecule has 1 aliphatic rings. The molecule has 1 aromatic rings. The van der Waals surface area contributed by atoms with E-state index in [4.69, 9.17) is 4.74 Å². The van der Waals surface area contributed by atoms with Gasteiger partial charge in [0.2, 0.25) is 11.8 Å². The third-order valence-corrected chi connectivity index (χ3v) is 5.42. The maximum atomic E-state index is 13.6. The van der Waals surface area contributed by atoms with E-state index >= 15 is 0 Å². The molecule has 2 unspecified atom stereocenters. The zero-order valence-corrected chi connectivity index (χ0v) is 20.3. The van der Waals surface area contributed by atoms with E-state index in [2.05, 4.69) is 10.6 Å². The van der Waals surface area contributed by atoms with Crippen molar-refractivity contribution in [2.45, 2.75) is 90.6 Å². The minimum Gasteiger partial charge on any atom is -0.507 e. The number of carbonyl (C=O) groups is 3. The van der Waals surface area contributed by atoms with Gasteiger partial charge in [0.05, 0.1) is 6.61 Å². The van der Waals surface area contributed by atoms with Gasteiger partial charge in [0.15, 0.2) is 0 Å². The van der Waals surface area contributed by atoms with Gasteiger partial charge in [0, 0.05) is 17.6 Å². The van der Waals surface area contributed by atoms with Gasteiger partial charge >= 0.3 is 6.09 Å². The predicted molar refractivity (Wildman–Crippen MR) is 124 cm³/mol. The highest BCUT2D eigenvalue weighted by molar-refractivity contribution is 5.93. The number of nitrogens with zero attached hydrogens (tertiary/aromatic N) is 1. The molecule has 0 aliphatic heterocycles. The lowest BCUT2D eigenvalue weighted by Crippen LogP contribution is -2.58. The van der Waals surface area contributed by atoms with Crippen molar-refractivity contribution in [1.29, 1.82) is 0 Å². The van der Waals surface area contributed by atoms with Crippen LogP contribution < -0.4 is 10.6 Å². The normalized spacial score (nSPS) is 15.9. The number of hydrogen-bond acceptors (Lipinski definition) is 6. The number of amides is 3. The number of aromatic hydroxyl groups is 1. The van der Waals surface area contributed by atoms with Crippen LogP contribution in [0.2, 0.25) is 0 Å². The van der Waals surface area contributed by atoms with Gasteiger partial charge < -0.3 is 30.5 Å². The Morgan fingerprint density at radius 2 is 1.82 bits per heavy atom. The average Bonchev–Trinajstić information content (AvgIpc) is 2.64. The molecule has 1 aromatic carbocycles. The Balaban J connectivity index is 2.47. The number of para-hydroxylation sites is 1. The molecule has 0 bridgehead atoms. The molecule has 1 aliphatic carbocycles. The topological polar surface area (TPSA) is 128 Å². The number of aryl methyl sites for hydroxylation is 1.